The molecule has 0 saturated heterocycles. The third kappa shape index (κ3) is 3.99. The van der Waals surface area contributed by atoms with Gasteiger partial charge in [-0.1, -0.05) is 42.5 Å². The molecule has 0 radical (unpaired) electrons. The van der Waals surface area contributed by atoms with Gasteiger partial charge in [-0.15, -0.1) is 0 Å². The van der Waals surface area contributed by atoms with Gasteiger partial charge in [0.15, 0.2) is 6.61 Å². The van der Waals surface area contributed by atoms with E-state index in [4.69, 9.17) is 4.74 Å². The second kappa shape index (κ2) is 5.96. The lowest BCUT2D eigenvalue weighted by atomic mass is 9.87. The number of hydrogen-bond donors (Lipinski definition) is 1. The fraction of sp³-hybridized carbons (Fsp3) is 0.385. The average Bonchev–Trinajstić information content (AvgIpc) is 2.88. The van der Waals surface area contributed by atoms with Crippen LogP contribution in [0.25, 0.3) is 0 Å². The second-order valence-electron chi connectivity index (χ2n) is 5.28. The Morgan fingerprint density at radius 2 is 2.00 bits per heavy atom. The van der Waals surface area contributed by atoms with E-state index in [0.717, 1.165) is 11.5 Å². The van der Waals surface area contributed by atoms with E-state index in [9.17, 15) is 4.79 Å². The number of nitrogens with zero attached hydrogens (tertiary/aromatic N) is 3. The van der Waals surface area contributed by atoms with Gasteiger partial charge in [-0.2, -0.15) is 0 Å². The Morgan fingerprint density at radius 1 is 1.30 bits per heavy atom. The lowest BCUT2D eigenvalue weighted by molar-refractivity contribution is -0.118. The van der Waals surface area contributed by atoms with Crippen molar-refractivity contribution in [3.63, 3.8) is 0 Å². The molecule has 106 valence electrons. The molecule has 0 aliphatic heterocycles. The number of benzene rings is 1. The fourth-order valence-corrected chi connectivity index (χ4v) is 1.92. The molecule has 1 N–H and O–H groups in total. The number of amides is 1. The molecule has 2 rings (SSSR count). The zero-order valence-corrected chi connectivity index (χ0v) is 12.4. The molecule has 0 bridgehead atoms. The summed E-state index contributed by atoms with van der Waals surface area (Å²) in [5, 5.41) is 9.92. The van der Waals surface area contributed by atoms with Crippen LogP contribution < -0.4 is 10.1 Å². The van der Waals surface area contributed by atoms with Crippen molar-refractivity contribution in [2.24, 2.45) is 0 Å². The summed E-state index contributed by atoms with van der Waals surface area (Å²) in [6.45, 7) is 6.36. The van der Waals surface area contributed by atoms with Gasteiger partial charge in [-0.3, -0.25) is 10.1 Å². The lowest BCUT2D eigenvalue weighted by Gasteiger charge is -2.19. The zero-order valence-electron chi connectivity index (χ0n) is 11.6. The van der Waals surface area contributed by atoms with E-state index in [-0.39, 0.29) is 17.9 Å². The van der Waals surface area contributed by atoms with Crippen molar-refractivity contribution in [2.75, 3.05) is 11.9 Å². The highest BCUT2D eigenvalue weighted by molar-refractivity contribution is 7.09. The van der Waals surface area contributed by atoms with Gasteiger partial charge in [-0.05, 0) is 28.3 Å². The Morgan fingerprint density at radius 3 is 2.55 bits per heavy atom. The summed E-state index contributed by atoms with van der Waals surface area (Å²) in [5.74, 6) is 0.368. The molecule has 6 nitrogen and oxygen atoms in total. The van der Waals surface area contributed by atoms with E-state index in [2.05, 4.69) is 40.9 Å². The Kier molecular flexibility index (Phi) is 4.29. The van der Waals surface area contributed by atoms with Gasteiger partial charge in [0, 0.05) is 11.5 Å². The molecular weight excluding hydrogens is 276 g/mol. The maximum atomic E-state index is 11.6. The number of nitrogens with one attached hydrogen (secondary N) is 1. The largest absolute Gasteiger partial charge is 0.484 e. The van der Waals surface area contributed by atoms with Crippen molar-refractivity contribution >= 4 is 22.6 Å². The van der Waals surface area contributed by atoms with E-state index in [1.54, 1.807) is 0 Å². The Bertz CT molecular complexity index is 561. The maximum Gasteiger partial charge on any atom is 0.264 e. The number of ether oxygens (including phenoxy) is 1. The van der Waals surface area contributed by atoms with Gasteiger partial charge in [0.1, 0.15) is 5.75 Å². The molecule has 1 heterocycles. The van der Waals surface area contributed by atoms with Crippen LogP contribution >= 0.6 is 11.5 Å². The van der Waals surface area contributed by atoms with Crippen LogP contribution in [0.3, 0.4) is 0 Å². The molecule has 0 aliphatic carbocycles. The Labute approximate surface area is 121 Å². The van der Waals surface area contributed by atoms with Crippen LogP contribution in [0, 0.1) is 0 Å². The smallest absolute Gasteiger partial charge is 0.264 e. The summed E-state index contributed by atoms with van der Waals surface area (Å²) in [6.07, 6.45) is 0. The lowest BCUT2D eigenvalue weighted by Crippen LogP contribution is -2.20. The van der Waals surface area contributed by atoms with Crippen LogP contribution in [0.15, 0.2) is 24.3 Å². The molecule has 0 unspecified atom stereocenters. The normalized spacial score (nSPS) is 11.2. The minimum absolute atomic E-state index is 0.0750. The number of carbonyl (C=O) groups excluding carboxylic acids is 1. The fourth-order valence-electron chi connectivity index (χ4n) is 1.54. The van der Waals surface area contributed by atoms with E-state index >= 15 is 0 Å². The van der Waals surface area contributed by atoms with Gasteiger partial charge >= 0.3 is 0 Å². The average molecular weight is 292 g/mol. The summed E-state index contributed by atoms with van der Waals surface area (Å²) in [6, 6.07) is 7.73. The van der Waals surface area contributed by atoms with Crippen molar-refractivity contribution in [1.29, 1.82) is 0 Å². The molecule has 0 saturated carbocycles. The molecule has 0 aliphatic rings. The van der Waals surface area contributed by atoms with Crippen LogP contribution in [0.4, 0.5) is 5.13 Å². The minimum Gasteiger partial charge on any atom is -0.484 e. The van der Waals surface area contributed by atoms with Gasteiger partial charge in [0.2, 0.25) is 5.13 Å². The van der Waals surface area contributed by atoms with E-state index in [1.165, 1.54) is 5.56 Å². The van der Waals surface area contributed by atoms with Gasteiger partial charge in [0.05, 0.1) is 0 Å². The quantitative estimate of drug-likeness (QED) is 0.935. The first kappa shape index (κ1) is 14.4. The first-order valence-electron chi connectivity index (χ1n) is 6.13. The third-order valence-corrected chi connectivity index (χ3v) is 3.15. The molecule has 7 heteroatoms. The van der Waals surface area contributed by atoms with Crippen molar-refractivity contribution < 1.29 is 9.53 Å². The molecule has 1 aromatic carbocycles. The van der Waals surface area contributed by atoms with E-state index in [0.29, 0.717) is 10.9 Å². The molecule has 0 atom stereocenters. The monoisotopic (exact) mass is 292 g/mol. The van der Waals surface area contributed by atoms with Crippen LogP contribution in [0.5, 0.6) is 5.75 Å². The zero-order chi connectivity index (χ0) is 14.6. The highest BCUT2D eigenvalue weighted by atomic mass is 32.1. The summed E-state index contributed by atoms with van der Waals surface area (Å²) in [5.41, 5.74) is 1.31. The number of anilines is 1. The first-order valence-corrected chi connectivity index (χ1v) is 6.91. The predicted octanol–water partition coefficient (Wildman–Crippen LogP) is 2.25. The van der Waals surface area contributed by atoms with Crippen LogP contribution in [0.1, 0.15) is 26.3 Å². The van der Waals surface area contributed by atoms with Gasteiger partial charge in [0.25, 0.3) is 5.91 Å². The molecule has 1 amide bonds. The van der Waals surface area contributed by atoms with Gasteiger partial charge < -0.3 is 4.74 Å². The summed E-state index contributed by atoms with van der Waals surface area (Å²) >= 11 is 1.02. The second-order valence-corrected chi connectivity index (χ2v) is 6.01. The van der Waals surface area contributed by atoms with Crippen molar-refractivity contribution in [2.45, 2.75) is 26.2 Å². The summed E-state index contributed by atoms with van der Waals surface area (Å²) in [7, 11) is 0. The molecule has 1 aromatic heterocycles. The number of aromatic nitrogens is 3. The van der Waals surface area contributed by atoms with Crippen molar-refractivity contribution in [1.82, 2.24) is 14.8 Å². The van der Waals surface area contributed by atoms with Crippen molar-refractivity contribution in [3.05, 3.63) is 29.8 Å². The SMILES string of the molecule is CC(C)(C)c1ccc(OCC(=O)Nc2nnns2)cc1. The molecule has 20 heavy (non-hydrogen) atoms. The maximum absolute atomic E-state index is 11.6. The molecule has 0 spiro atoms. The first-order chi connectivity index (χ1) is 9.45. The Hall–Kier alpha value is -2.02. The number of hydrogen-bond acceptors (Lipinski definition) is 6. The molecule has 2 aromatic rings. The number of rotatable bonds is 4. The summed E-state index contributed by atoms with van der Waals surface area (Å²) in [4.78, 5) is 11.6. The minimum atomic E-state index is -0.288. The standard InChI is InChI=1S/C13H16N4O2S/c1-13(2,3)9-4-6-10(7-5-9)19-8-11(18)14-12-15-16-17-20-12/h4-7H,8H2,1-3H3,(H,14,15,17,18). The third-order valence-electron chi connectivity index (χ3n) is 2.64. The van der Waals surface area contributed by atoms with E-state index < -0.39 is 0 Å². The van der Waals surface area contributed by atoms with Crippen LogP contribution in [-0.4, -0.2) is 27.3 Å². The van der Waals surface area contributed by atoms with Crippen LogP contribution in [0.2, 0.25) is 0 Å². The van der Waals surface area contributed by atoms with Crippen molar-refractivity contribution in [3.8, 4) is 5.75 Å². The Balaban J connectivity index is 1.86. The molecular formula is C13H16N4O2S. The predicted molar refractivity (Wildman–Crippen MR) is 77.0 cm³/mol. The highest BCUT2D eigenvalue weighted by Gasteiger charge is 2.13. The van der Waals surface area contributed by atoms with Crippen LogP contribution in [-0.2, 0) is 10.2 Å². The topological polar surface area (TPSA) is 77.0 Å². The number of carbonyl (C=O) groups is 1. The summed E-state index contributed by atoms with van der Waals surface area (Å²) < 4.78 is 8.96. The van der Waals surface area contributed by atoms with E-state index in [1.807, 2.05) is 24.3 Å². The van der Waals surface area contributed by atoms with Gasteiger partial charge in [-0.25, -0.2) is 0 Å². The highest BCUT2D eigenvalue weighted by Crippen LogP contribution is 2.24. The molecule has 0 fully saturated rings.